The van der Waals surface area contributed by atoms with Gasteiger partial charge in [-0.2, -0.15) is 0 Å². The van der Waals surface area contributed by atoms with Gasteiger partial charge in [0.1, 0.15) is 6.54 Å². The first-order valence-electron chi connectivity index (χ1n) is 12.4. The van der Waals surface area contributed by atoms with Gasteiger partial charge in [0.2, 0.25) is 5.91 Å². The topological polar surface area (TPSA) is 68.8 Å². The Morgan fingerprint density at radius 3 is 2.50 bits per heavy atom. The van der Waals surface area contributed by atoms with Crippen molar-refractivity contribution in [2.24, 2.45) is 5.92 Å². The molecule has 1 aliphatic heterocycles. The van der Waals surface area contributed by atoms with Crippen molar-refractivity contribution in [2.45, 2.75) is 56.0 Å². The summed E-state index contributed by atoms with van der Waals surface area (Å²) in [4.78, 5) is 36.7. The van der Waals surface area contributed by atoms with Crippen LogP contribution in [0.3, 0.4) is 0 Å². The van der Waals surface area contributed by atoms with Gasteiger partial charge in [0.25, 0.3) is 0 Å². The Bertz CT molecular complexity index is 997. The molecule has 0 bridgehead atoms. The van der Waals surface area contributed by atoms with Gasteiger partial charge in [-0.25, -0.2) is 9.78 Å². The average molecular weight is 482 g/mol. The highest BCUT2D eigenvalue weighted by Gasteiger charge is 2.55. The van der Waals surface area contributed by atoms with Gasteiger partial charge < -0.3 is 15.1 Å². The van der Waals surface area contributed by atoms with Gasteiger partial charge in [0.15, 0.2) is 5.13 Å². The maximum atomic E-state index is 13.6. The first-order chi connectivity index (χ1) is 16.4. The highest BCUT2D eigenvalue weighted by molar-refractivity contribution is 7.13. The quantitative estimate of drug-likeness (QED) is 0.637. The molecule has 8 heteroatoms. The van der Waals surface area contributed by atoms with Crippen LogP contribution in [0.15, 0.2) is 41.9 Å². The molecule has 0 radical (unpaired) electrons. The molecular weight excluding hydrogens is 446 g/mol. The van der Waals surface area contributed by atoms with Crippen LogP contribution in [0.5, 0.6) is 0 Å². The number of urea groups is 1. The van der Waals surface area contributed by atoms with Crippen molar-refractivity contribution in [1.29, 1.82) is 0 Å². The second kappa shape index (κ2) is 9.30. The Morgan fingerprint density at radius 1 is 1.18 bits per heavy atom. The zero-order chi connectivity index (χ0) is 23.8. The van der Waals surface area contributed by atoms with Gasteiger partial charge in [-0.3, -0.25) is 9.69 Å². The highest BCUT2D eigenvalue weighted by atomic mass is 32.1. The summed E-state index contributed by atoms with van der Waals surface area (Å²) in [7, 11) is 4.35. The average Bonchev–Trinajstić information content (AvgIpc) is 3.39. The van der Waals surface area contributed by atoms with E-state index in [4.69, 9.17) is 0 Å². The number of nitrogens with zero attached hydrogens (tertiary/aromatic N) is 4. The van der Waals surface area contributed by atoms with E-state index in [1.807, 2.05) is 5.38 Å². The molecule has 2 heterocycles. The van der Waals surface area contributed by atoms with Crippen LogP contribution >= 0.6 is 11.3 Å². The van der Waals surface area contributed by atoms with E-state index < -0.39 is 0 Å². The second-order valence-corrected chi connectivity index (χ2v) is 11.3. The summed E-state index contributed by atoms with van der Waals surface area (Å²) in [5, 5.41) is 5.25. The van der Waals surface area contributed by atoms with Crippen LogP contribution in [0.2, 0.25) is 0 Å². The van der Waals surface area contributed by atoms with Crippen molar-refractivity contribution in [1.82, 2.24) is 19.7 Å². The van der Waals surface area contributed by atoms with E-state index in [2.05, 4.69) is 64.5 Å². The van der Waals surface area contributed by atoms with Crippen molar-refractivity contribution < 1.29 is 9.59 Å². The molecule has 0 unspecified atom stereocenters. The predicted molar refractivity (Wildman–Crippen MR) is 135 cm³/mol. The summed E-state index contributed by atoms with van der Waals surface area (Å²) >= 11 is 1.39. The van der Waals surface area contributed by atoms with Crippen molar-refractivity contribution in [3.05, 3.63) is 47.5 Å². The number of aromatic nitrogens is 1. The lowest BCUT2D eigenvalue weighted by Gasteiger charge is -2.51. The van der Waals surface area contributed by atoms with Gasteiger partial charge in [0, 0.05) is 30.2 Å². The maximum absolute atomic E-state index is 13.6. The zero-order valence-electron chi connectivity index (χ0n) is 20.2. The van der Waals surface area contributed by atoms with Gasteiger partial charge in [-0.15, -0.1) is 11.3 Å². The summed E-state index contributed by atoms with van der Waals surface area (Å²) in [5.41, 5.74) is 1.14. The molecule has 1 aromatic heterocycles. The molecule has 1 saturated heterocycles. The molecule has 0 atom stereocenters. The summed E-state index contributed by atoms with van der Waals surface area (Å²) < 4.78 is 0. The molecule has 3 aliphatic rings. The fourth-order valence-electron chi connectivity index (χ4n) is 6.13. The number of benzene rings is 1. The van der Waals surface area contributed by atoms with E-state index >= 15 is 0 Å². The van der Waals surface area contributed by atoms with Crippen molar-refractivity contribution in [3.63, 3.8) is 0 Å². The molecule has 1 N–H and O–H groups in total. The van der Waals surface area contributed by atoms with Crippen molar-refractivity contribution >= 4 is 28.4 Å². The van der Waals surface area contributed by atoms with E-state index in [-0.39, 0.29) is 29.6 Å². The molecule has 2 aliphatic carbocycles. The third kappa shape index (κ3) is 4.22. The summed E-state index contributed by atoms with van der Waals surface area (Å²) in [6.45, 7) is 1.53. The third-order valence-electron chi connectivity index (χ3n) is 8.41. The SMILES string of the molecule is CN(C)[C@]1(c2ccccc2)CC[C@]2(CC1)CN(CC(=O)Nc1nccs1)C(=O)N2CC1CCC1. The Labute approximate surface area is 206 Å². The van der Waals surface area contributed by atoms with E-state index in [0.29, 0.717) is 17.6 Å². The monoisotopic (exact) mass is 481 g/mol. The minimum absolute atomic E-state index is 0.0205. The molecule has 3 amide bonds. The van der Waals surface area contributed by atoms with Crippen molar-refractivity contribution in [2.75, 3.05) is 39.0 Å². The van der Waals surface area contributed by atoms with E-state index in [1.165, 1.54) is 36.2 Å². The van der Waals surface area contributed by atoms with Crippen LogP contribution in [-0.2, 0) is 10.3 Å². The number of carbonyl (C=O) groups excluding carboxylic acids is 2. The fraction of sp³-hybridized carbons (Fsp3) is 0.577. The smallest absolute Gasteiger partial charge is 0.317 e. The van der Waals surface area contributed by atoms with Gasteiger partial charge >= 0.3 is 6.03 Å². The van der Waals surface area contributed by atoms with Crippen LogP contribution in [0, 0.1) is 5.92 Å². The number of hydrogen-bond acceptors (Lipinski definition) is 5. The lowest BCUT2D eigenvalue weighted by molar-refractivity contribution is -0.116. The van der Waals surface area contributed by atoms with Crippen LogP contribution in [0.25, 0.3) is 0 Å². The van der Waals surface area contributed by atoms with Gasteiger partial charge in [-0.1, -0.05) is 36.8 Å². The Balaban J connectivity index is 1.35. The Kier molecular flexibility index (Phi) is 6.37. The molecule has 2 saturated carbocycles. The summed E-state index contributed by atoms with van der Waals surface area (Å²) in [6.07, 6.45) is 9.23. The summed E-state index contributed by atoms with van der Waals surface area (Å²) in [5.74, 6) is 0.422. The van der Waals surface area contributed by atoms with Crippen LogP contribution in [0.4, 0.5) is 9.93 Å². The fourth-order valence-corrected chi connectivity index (χ4v) is 6.67. The normalized spacial score (nSPS) is 27.4. The molecular formula is C26H35N5O2S. The van der Waals surface area contributed by atoms with Crippen LogP contribution in [-0.4, -0.2) is 70.9 Å². The summed E-state index contributed by atoms with van der Waals surface area (Å²) in [6, 6.07) is 10.8. The second-order valence-electron chi connectivity index (χ2n) is 10.4. The van der Waals surface area contributed by atoms with Gasteiger partial charge in [0.05, 0.1) is 5.54 Å². The minimum Gasteiger partial charge on any atom is -0.317 e. The first kappa shape index (κ1) is 23.3. The molecule has 3 fully saturated rings. The Hall–Kier alpha value is -2.45. The molecule has 1 aromatic carbocycles. The number of thiazole rings is 1. The van der Waals surface area contributed by atoms with Crippen molar-refractivity contribution in [3.8, 4) is 0 Å². The number of carbonyl (C=O) groups is 2. The number of nitrogens with one attached hydrogen (secondary N) is 1. The molecule has 34 heavy (non-hydrogen) atoms. The van der Waals surface area contributed by atoms with Crippen LogP contribution < -0.4 is 5.32 Å². The van der Waals surface area contributed by atoms with E-state index in [0.717, 1.165) is 32.2 Å². The highest BCUT2D eigenvalue weighted by Crippen LogP contribution is 2.49. The minimum atomic E-state index is -0.192. The number of hydrogen-bond donors (Lipinski definition) is 1. The predicted octanol–water partition coefficient (Wildman–Crippen LogP) is 4.39. The largest absolute Gasteiger partial charge is 0.321 e. The first-order valence-corrected chi connectivity index (χ1v) is 13.3. The van der Waals surface area contributed by atoms with E-state index in [1.54, 1.807) is 11.1 Å². The lowest BCUT2D eigenvalue weighted by Crippen LogP contribution is -2.56. The molecule has 2 aromatic rings. The number of amides is 3. The zero-order valence-corrected chi connectivity index (χ0v) is 21.0. The molecule has 182 valence electrons. The standard InChI is InChI=1S/C26H35N5O2S/c1-29(2)26(21-9-4-3-5-10-21)13-11-25(12-14-26)19-30(18-22(32)28-23-27-15-16-34-23)24(33)31(25)17-20-7-6-8-20/h3-5,9-10,15-16,20H,6-8,11-14,17-19H2,1-2H3,(H,27,28,32)/t25-,26+. The van der Waals surface area contributed by atoms with Crippen LogP contribution in [0.1, 0.15) is 50.5 Å². The molecule has 7 nitrogen and oxygen atoms in total. The number of anilines is 1. The lowest BCUT2D eigenvalue weighted by atomic mass is 9.68. The molecule has 5 rings (SSSR count). The van der Waals surface area contributed by atoms with Gasteiger partial charge in [-0.05, 0) is 64.1 Å². The maximum Gasteiger partial charge on any atom is 0.321 e. The number of rotatable bonds is 7. The Morgan fingerprint density at radius 2 is 1.91 bits per heavy atom. The van der Waals surface area contributed by atoms with E-state index in [9.17, 15) is 9.59 Å². The third-order valence-corrected chi connectivity index (χ3v) is 9.10. The molecule has 1 spiro atoms.